The van der Waals surface area contributed by atoms with Gasteiger partial charge in [0.2, 0.25) is 0 Å². The first kappa shape index (κ1) is 12.9. The molecule has 1 fully saturated rings. The zero-order valence-electron chi connectivity index (χ0n) is 11.3. The molecule has 2 heterocycles. The molecule has 0 aliphatic carbocycles. The number of rotatable bonds is 3. The fourth-order valence-corrected chi connectivity index (χ4v) is 2.76. The molecule has 1 amide bonds. The van der Waals surface area contributed by atoms with Crippen LogP contribution < -0.4 is 5.32 Å². The summed E-state index contributed by atoms with van der Waals surface area (Å²) in [5.74, 6) is 0.124. The molecule has 0 spiro atoms. The number of amides is 1. The largest absolute Gasteiger partial charge is 0.386 e. The molecule has 98 valence electrons. The minimum atomic E-state index is 0.124. The highest BCUT2D eigenvalue weighted by Crippen LogP contribution is 2.29. The van der Waals surface area contributed by atoms with E-state index >= 15 is 0 Å². The Morgan fingerprint density at radius 3 is 3.00 bits per heavy atom. The Balaban J connectivity index is 2.30. The van der Waals surface area contributed by atoms with Gasteiger partial charge in [0.15, 0.2) is 0 Å². The van der Waals surface area contributed by atoms with Crippen molar-refractivity contribution < 1.29 is 4.79 Å². The molecule has 0 aromatic carbocycles. The molecule has 2 atom stereocenters. The van der Waals surface area contributed by atoms with Gasteiger partial charge in [-0.2, -0.15) is 0 Å². The lowest BCUT2D eigenvalue weighted by Gasteiger charge is -2.28. The van der Waals surface area contributed by atoms with Crippen LogP contribution in [-0.4, -0.2) is 34.9 Å². The van der Waals surface area contributed by atoms with E-state index in [0.29, 0.717) is 12.1 Å². The Hall–Kier alpha value is -1.58. The molecule has 0 bridgehead atoms. The number of hydrogen-bond acceptors (Lipinski definition) is 3. The Morgan fingerprint density at radius 1 is 1.56 bits per heavy atom. The number of aromatic nitrogens is 1. The van der Waals surface area contributed by atoms with Crippen LogP contribution in [0, 0.1) is 0 Å². The molecular formula is C14H21N3O. The normalized spacial score (nSPS) is 23.2. The van der Waals surface area contributed by atoms with Crippen LogP contribution in [0.4, 0.5) is 5.69 Å². The van der Waals surface area contributed by atoms with E-state index in [2.05, 4.69) is 24.1 Å². The summed E-state index contributed by atoms with van der Waals surface area (Å²) in [6.07, 6.45) is 6.62. The van der Waals surface area contributed by atoms with Gasteiger partial charge >= 0.3 is 0 Å². The number of pyridine rings is 1. The Kier molecular flexibility index (Phi) is 3.84. The predicted molar refractivity (Wildman–Crippen MR) is 72.7 cm³/mol. The summed E-state index contributed by atoms with van der Waals surface area (Å²) in [5.41, 5.74) is 1.52. The predicted octanol–water partition coefficient (Wildman–Crippen LogP) is 2.53. The van der Waals surface area contributed by atoms with Crippen LogP contribution in [0.2, 0.25) is 0 Å². The van der Waals surface area contributed by atoms with Crippen molar-refractivity contribution in [2.24, 2.45) is 0 Å². The molecule has 1 aromatic heterocycles. The highest BCUT2D eigenvalue weighted by Gasteiger charge is 2.34. The highest BCUT2D eigenvalue weighted by atomic mass is 16.2. The summed E-state index contributed by atoms with van der Waals surface area (Å²) in [4.78, 5) is 18.8. The van der Waals surface area contributed by atoms with E-state index in [1.165, 1.54) is 0 Å². The Morgan fingerprint density at radius 2 is 2.33 bits per heavy atom. The van der Waals surface area contributed by atoms with E-state index in [4.69, 9.17) is 0 Å². The molecule has 1 saturated heterocycles. The molecule has 0 saturated carbocycles. The van der Waals surface area contributed by atoms with Gasteiger partial charge in [-0.25, -0.2) is 0 Å². The van der Waals surface area contributed by atoms with E-state index in [0.717, 1.165) is 30.5 Å². The van der Waals surface area contributed by atoms with E-state index < -0.39 is 0 Å². The second-order valence-corrected chi connectivity index (χ2v) is 4.87. The van der Waals surface area contributed by atoms with Crippen molar-refractivity contribution in [3.63, 3.8) is 0 Å². The van der Waals surface area contributed by atoms with Crippen molar-refractivity contribution in [2.45, 2.75) is 45.2 Å². The molecule has 18 heavy (non-hydrogen) atoms. The average Bonchev–Trinajstić information content (AvgIpc) is 2.79. The maximum Gasteiger partial charge on any atom is 0.256 e. The first-order valence-electron chi connectivity index (χ1n) is 6.63. The fraction of sp³-hybridized carbons (Fsp3) is 0.571. The monoisotopic (exact) mass is 247 g/mol. The Bertz CT molecular complexity index is 433. The van der Waals surface area contributed by atoms with Crippen LogP contribution in [0.1, 0.15) is 43.5 Å². The molecule has 2 unspecified atom stereocenters. The van der Waals surface area contributed by atoms with Crippen LogP contribution in [0.5, 0.6) is 0 Å². The van der Waals surface area contributed by atoms with Crippen molar-refractivity contribution in [3.05, 3.63) is 24.0 Å². The quantitative estimate of drug-likeness (QED) is 0.892. The third-order valence-electron chi connectivity index (χ3n) is 3.81. The second-order valence-electron chi connectivity index (χ2n) is 4.87. The summed E-state index contributed by atoms with van der Waals surface area (Å²) < 4.78 is 0. The van der Waals surface area contributed by atoms with E-state index in [9.17, 15) is 4.79 Å². The molecule has 1 aliphatic rings. The van der Waals surface area contributed by atoms with E-state index in [1.807, 2.05) is 11.9 Å². The fourth-order valence-electron chi connectivity index (χ4n) is 2.76. The third-order valence-corrected chi connectivity index (χ3v) is 3.81. The van der Waals surface area contributed by atoms with Crippen LogP contribution in [-0.2, 0) is 0 Å². The first-order chi connectivity index (χ1) is 8.69. The van der Waals surface area contributed by atoms with Gasteiger partial charge < -0.3 is 10.2 Å². The standard InChI is InChI=1S/C14H21N3O/c1-4-11-6-5-10(2)17(11)14(18)12-7-8-16-9-13(12)15-3/h7-11,15H,4-6H2,1-3H3. The van der Waals surface area contributed by atoms with Gasteiger partial charge in [0.1, 0.15) is 0 Å². The van der Waals surface area contributed by atoms with Crippen LogP contribution in [0.25, 0.3) is 0 Å². The Labute approximate surface area is 108 Å². The number of nitrogens with one attached hydrogen (secondary N) is 1. The second kappa shape index (κ2) is 5.38. The van der Waals surface area contributed by atoms with Crippen LogP contribution in [0.3, 0.4) is 0 Å². The lowest BCUT2D eigenvalue weighted by atomic mass is 10.1. The lowest BCUT2D eigenvalue weighted by molar-refractivity contribution is 0.0677. The smallest absolute Gasteiger partial charge is 0.256 e. The average molecular weight is 247 g/mol. The minimum Gasteiger partial charge on any atom is -0.386 e. The summed E-state index contributed by atoms with van der Waals surface area (Å²) in [6.45, 7) is 4.28. The number of carbonyl (C=O) groups is 1. The van der Waals surface area contributed by atoms with Gasteiger partial charge in [-0.15, -0.1) is 0 Å². The summed E-state index contributed by atoms with van der Waals surface area (Å²) in [6, 6.07) is 2.51. The number of likely N-dealkylation sites (tertiary alicyclic amines) is 1. The molecule has 4 heteroatoms. The number of carbonyl (C=O) groups excluding carboxylic acids is 1. The topological polar surface area (TPSA) is 45.2 Å². The van der Waals surface area contributed by atoms with Gasteiger partial charge in [0, 0.05) is 25.3 Å². The first-order valence-corrected chi connectivity index (χ1v) is 6.63. The van der Waals surface area contributed by atoms with Gasteiger partial charge in [0.25, 0.3) is 5.91 Å². The molecule has 2 rings (SSSR count). The SMILES string of the molecule is CCC1CCC(C)N1C(=O)c1ccncc1NC. The number of hydrogen-bond donors (Lipinski definition) is 1. The van der Waals surface area contributed by atoms with Gasteiger partial charge in [-0.1, -0.05) is 6.92 Å². The van der Waals surface area contributed by atoms with Crippen molar-refractivity contribution in [3.8, 4) is 0 Å². The zero-order valence-corrected chi connectivity index (χ0v) is 11.3. The molecule has 0 radical (unpaired) electrons. The molecule has 1 aliphatic heterocycles. The highest BCUT2D eigenvalue weighted by molar-refractivity contribution is 5.99. The van der Waals surface area contributed by atoms with Crippen molar-refractivity contribution in [1.82, 2.24) is 9.88 Å². The van der Waals surface area contributed by atoms with Crippen LogP contribution >= 0.6 is 0 Å². The summed E-state index contributed by atoms with van der Waals surface area (Å²) >= 11 is 0. The van der Waals surface area contributed by atoms with Gasteiger partial charge in [-0.05, 0) is 32.3 Å². The van der Waals surface area contributed by atoms with Crippen molar-refractivity contribution in [2.75, 3.05) is 12.4 Å². The maximum atomic E-state index is 12.7. The van der Waals surface area contributed by atoms with Gasteiger partial charge in [-0.3, -0.25) is 9.78 Å². The van der Waals surface area contributed by atoms with E-state index in [1.54, 1.807) is 18.5 Å². The summed E-state index contributed by atoms with van der Waals surface area (Å²) in [5, 5.41) is 3.04. The molecule has 4 nitrogen and oxygen atoms in total. The summed E-state index contributed by atoms with van der Waals surface area (Å²) in [7, 11) is 1.82. The molecule has 1 N–H and O–H groups in total. The molecule has 1 aromatic rings. The maximum absolute atomic E-state index is 12.7. The third kappa shape index (κ3) is 2.19. The number of anilines is 1. The van der Waals surface area contributed by atoms with Crippen molar-refractivity contribution in [1.29, 1.82) is 0 Å². The number of nitrogens with zero attached hydrogens (tertiary/aromatic N) is 2. The lowest BCUT2D eigenvalue weighted by Crippen LogP contribution is -2.39. The molecular weight excluding hydrogens is 226 g/mol. The zero-order chi connectivity index (χ0) is 13.1. The van der Waals surface area contributed by atoms with Crippen molar-refractivity contribution >= 4 is 11.6 Å². The van der Waals surface area contributed by atoms with Crippen LogP contribution in [0.15, 0.2) is 18.5 Å². The van der Waals surface area contributed by atoms with E-state index in [-0.39, 0.29) is 5.91 Å². The minimum absolute atomic E-state index is 0.124. The van der Waals surface area contributed by atoms with Gasteiger partial charge in [0.05, 0.1) is 17.4 Å².